The van der Waals surface area contributed by atoms with Crippen LogP contribution in [0.2, 0.25) is 0 Å². The van der Waals surface area contributed by atoms with Crippen LogP contribution < -0.4 is 10.5 Å². The zero-order valence-electron chi connectivity index (χ0n) is 9.14. The first-order valence-electron chi connectivity index (χ1n) is 5.22. The summed E-state index contributed by atoms with van der Waals surface area (Å²) in [6, 6.07) is 8.08. The van der Waals surface area contributed by atoms with Gasteiger partial charge in [-0.3, -0.25) is 0 Å². The first-order valence-corrected chi connectivity index (χ1v) is 6.01. The van der Waals surface area contributed by atoms with Gasteiger partial charge in [0.2, 0.25) is 0 Å². The second-order valence-electron chi connectivity index (χ2n) is 3.47. The molecule has 1 aromatic carbocycles. The molecule has 0 aliphatic rings. The van der Waals surface area contributed by atoms with Crippen LogP contribution in [0.3, 0.4) is 0 Å². The summed E-state index contributed by atoms with van der Waals surface area (Å²) in [5.74, 6) is 0.716. The van der Waals surface area contributed by atoms with E-state index in [2.05, 4.69) is 25.9 Å². The molecule has 0 fully saturated rings. The third-order valence-corrected chi connectivity index (χ3v) is 2.57. The normalized spacial score (nSPS) is 10.2. The van der Waals surface area contributed by atoms with Crippen LogP contribution in [0.1, 0.15) is 5.56 Å². The van der Waals surface area contributed by atoms with Crippen LogP contribution in [0.15, 0.2) is 41.1 Å². The molecule has 2 rings (SSSR count). The summed E-state index contributed by atoms with van der Waals surface area (Å²) in [6.45, 7) is 0.649. The van der Waals surface area contributed by atoms with E-state index in [0.717, 1.165) is 10.9 Å². The van der Waals surface area contributed by atoms with Crippen LogP contribution in [0.25, 0.3) is 0 Å². The second kappa shape index (κ2) is 5.75. The molecule has 2 aromatic rings. The molecule has 4 nitrogen and oxygen atoms in total. The molecule has 5 heteroatoms. The zero-order valence-corrected chi connectivity index (χ0v) is 10.7. The van der Waals surface area contributed by atoms with E-state index in [1.165, 1.54) is 5.56 Å². The lowest BCUT2D eigenvalue weighted by Crippen LogP contribution is -2.02. The van der Waals surface area contributed by atoms with Crippen molar-refractivity contribution >= 4 is 15.9 Å². The third-order valence-electron chi connectivity index (χ3n) is 2.16. The maximum absolute atomic E-state index is 5.49. The Balaban J connectivity index is 2.05. The highest BCUT2D eigenvalue weighted by Crippen LogP contribution is 2.18. The van der Waals surface area contributed by atoms with E-state index in [0.29, 0.717) is 18.3 Å². The Labute approximate surface area is 108 Å². The predicted molar refractivity (Wildman–Crippen MR) is 69.0 cm³/mol. The van der Waals surface area contributed by atoms with Crippen molar-refractivity contribution in [1.29, 1.82) is 0 Å². The fourth-order valence-corrected chi connectivity index (χ4v) is 1.55. The predicted octanol–water partition coefficient (Wildman–Crippen LogP) is 2.53. The van der Waals surface area contributed by atoms with Crippen LogP contribution in [0.4, 0.5) is 0 Å². The van der Waals surface area contributed by atoms with Gasteiger partial charge in [0.25, 0.3) is 0 Å². The summed E-state index contributed by atoms with van der Waals surface area (Å²) < 4.78 is 6.31. The lowest BCUT2D eigenvalue weighted by Gasteiger charge is -2.04. The molecular formula is C12H12BrN3O. The maximum atomic E-state index is 5.49. The Hall–Kier alpha value is -1.46. The lowest BCUT2D eigenvalue weighted by atomic mass is 10.1. The van der Waals surface area contributed by atoms with Crippen molar-refractivity contribution in [2.24, 2.45) is 5.73 Å². The average molecular weight is 294 g/mol. The molecular weight excluding hydrogens is 282 g/mol. The standard InChI is InChI=1S/C12H12BrN3O/c13-10-7-15-12(16-8-10)17-11-3-1-9(2-4-11)5-6-14/h1-4,7-8H,5-6,14H2. The summed E-state index contributed by atoms with van der Waals surface area (Å²) >= 11 is 3.27. The summed E-state index contributed by atoms with van der Waals surface area (Å²) in [5.41, 5.74) is 6.67. The molecule has 0 spiro atoms. The van der Waals surface area contributed by atoms with Gasteiger partial charge in [0.05, 0.1) is 4.47 Å². The number of ether oxygens (including phenoxy) is 1. The smallest absolute Gasteiger partial charge is 0.321 e. The molecule has 0 atom stereocenters. The molecule has 0 amide bonds. The second-order valence-corrected chi connectivity index (χ2v) is 4.38. The number of nitrogens with zero attached hydrogens (tertiary/aromatic N) is 2. The third kappa shape index (κ3) is 3.51. The highest BCUT2D eigenvalue weighted by molar-refractivity contribution is 9.10. The van der Waals surface area contributed by atoms with Gasteiger partial charge in [-0.2, -0.15) is 0 Å². The SMILES string of the molecule is NCCc1ccc(Oc2ncc(Br)cn2)cc1. The minimum atomic E-state index is 0.333. The van der Waals surface area contributed by atoms with Gasteiger partial charge in [-0.15, -0.1) is 0 Å². The van der Waals surface area contributed by atoms with Crippen LogP contribution in [0.5, 0.6) is 11.8 Å². The summed E-state index contributed by atoms with van der Waals surface area (Å²) in [5, 5.41) is 0. The van der Waals surface area contributed by atoms with Crippen molar-refractivity contribution < 1.29 is 4.74 Å². The Morgan fingerprint density at radius 1 is 1.12 bits per heavy atom. The highest BCUT2D eigenvalue weighted by Gasteiger charge is 2.00. The zero-order chi connectivity index (χ0) is 12.1. The molecule has 0 aliphatic carbocycles. The summed E-state index contributed by atoms with van der Waals surface area (Å²) in [6.07, 6.45) is 4.16. The first kappa shape index (κ1) is 12.0. The number of nitrogens with two attached hydrogens (primary N) is 1. The van der Waals surface area contributed by atoms with E-state index in [4.69, 9.17) is 10.5 Å². The van der Waals surface area contributed by atoms with Gasteiger partial charge in [-0.05, 0) is 46.6 Å². The van der Waals surface area contributed by atoms with Gasteiger partial charge >= 0.3 is 6.01 Å². The monoisotopic (exact) mass is 293 g/mol. The number of benzene rings is 1. The van der Waals surface area contributed by atoms with E-state index in [-0.39, 0.29) is 0 Å². The van der Waals surface area contributed by atoms with E-state index in [9.17, 15) is 0 Å². The van der Waals surface area contributed by atoms with Crippen molar-refractivity contribution in [3.8, 4) is 11.8 Å². The van der Waals surface area contributed by atoms with Crippen molar-refractivity contribution in [1.82, 2.24) is 9.97 Å². The van der Waals surface area contributed by atoms with E-state index in [1.54, 1.807) is 12.4 Å². The number of halogens is 1. The van der Waals surface area contributed by atoms with Crippen molar-refractivity contribution in [3.05, 3.63) is 46.7 Å². The quantitative estimate of drug-likeness (QED) is 0.941. The van der Waals surface area contributed by atoms with E-state index in [1.807, 2.05) is 24.3 Å². The lowest BCUT2D eigenvalue weighted by molar-refractivity contribution is 0.441. The topological polar surface area (TPSA) is 61.0 Å². The largest absolute Gasteiger partial charge is 0.424 e. The Bertz CT molecular complexity index is 470. The molecule has 0 saturated heterocycles. The number of hydrogen-bond acceptors (Lipinski definition) is 4. The van der Waals surface area contributed by atoms with Crippen molar-refractivity contribution in [2.75, 3.05) is 6.54 Å². The van der Waals surface area contributed by atoms with E-state index < -0.39 is 0 Å². The Morgan fingerprint density at radius 3 is 2.35 bits per heavy atom. The maximum Gasteiger partial charge on any atom is 0.321 e. The van der Waals surface area contributed by atoms with Gasteiger partial charge in [0.1, 0.15) is 5.75 Å². The van der Waals surface area contributed by atoms with Crippen LogP contribution in [0, 0.1) is 0 Å². The molecule has 2 N–H and O–H groups in total. The van der Waals surface area contributed by atoms with Crippen molar-refractivity contribution in [2.45, 2.75) is 6.42 Å². The van der Waals surface area contributed by atoms with Crippen molar-refractivity contribution in [3.63, 3.8) is 0 Å². The number of hydrogen-bond donors (Lipinski definition) is 1. The summed E-state index contributed by atoms with van der Waals surface area (Å²) in [7, 11) is 0. The molecule has 0 bridgehead atoms. The van der Waals surface area contributed by atoms with Gasteiger partial charge < -0.3 is 10.5 Å². The van der Waals surface area contributed by atoms with E-state index >= 15 is 0 Å². The Kier molecular flexibility index (Phi) is 4.06. The molecule has 0 aliphatic heterocycles. The Morgan fingerprint density at radius 2 is 1.76 bits per heavy atom. The minimum absolute atomic E-state index is 0.333. The number of aromatic nitrogens is 2. The highest BCUT2D eigenvalue weighted by atomic mass is 79.9. The molecule has 1 heterocycles. The molecule has 1 aromatic heterocycles. The van der Waals surface area contributed by atoms with Gasteiger partial charge in [-0.25, -0.2) is 9.97 Å². The van der Waals surface area contributed by atoms with Crippen LogP contribution >= 0.6 is 15.9 Å². The first-order chi connectivity index (χ1) is 8.28. The van der Waals surface area contributed by atoms with Crippen LogP contribution in [-0.4, -0.2) is 16.5 Å². The molecule has 0 unspecified atom stereocenters. The fraction of sp³-hybridized carbons (Fsp3) is 0.167. The molecule has 88 valence electrons. The average Bonchev–Trinajstić information content (AvgIpc) is 2.35. The van der Waals surface area contributed by atoms with Crippen LogP contribution in [-0.2, 0) is 6.42 Å². The van der Waals surface area contributed by atoms with Gasteiger partial charge in [0, 0.05) is 12.4 Å². The fourth-order valence-electron chi connectivity index (χ4n) is 1.35. The molecule has 17 heavy (non-hydrogen) atoms. The minimum Gasteiger partial charge on any atom is -0.424 e. The molecule has 0 radical (unpaired) electrons. The molecule has 0 saturated carbocycles. The van der Waals surface area contributed by atoms with Gasteiger partial charge in [0.15, 0.2) is 0 Å². The van der Waals surface area contributed by atoms with Gasteiger partial charge in [-0.1, -0.05) is 12.1 Å². The number of rotatable bonds is 4. The summed E-state index contributed by atoms with van der Waals surface area (Å²) in [4.78, 5) is 8.06.